The summed E-state index contributed by atoms with van der Waals surface area (Å²) in [6.45, 7) is 0. The van der Waals surface area contributed by atoms with Crippen LogP contribution in [0.15, 0.2) is 42.5 Å². The van der Waals surface area contributed by atoms with Crippen molar-refractivity contribution >= 4 is 17.2 Å². The Balaban J connectivity index is 2.32. The minimum absolute atomic E-state index is 0.629. The highest BCUT2D eigenvalue weighted by Crippen LogP contribution is 2.28. The van der Waals surface area contributed by atoms with E-state index in [1.807, 2.05) is 42.5 Å². The van der Waals surface area contributed by atoms with Gasteiger partial charge >= 0.3 is 0 Å². The molecule has 0 unspecified atom stereocenters. The molecule has 0 radical (unpaired) electrons. The van der Waals surface area contributed by atoms with E-state index >= 15 is 0 Å². The molecule has 1 aromatic carbocycles. The standard InChI is InChI=1S/C12H13ClN2/c13-11-4-2-1-3-10(11)9-5-7-12(14,15)8-6-9/h1-7H,8,14-15H2. The van der Waals surface area contributed by atoms with Gasteiger partial charge in [0.15, 0.2) is 0 Å². The van der Waals surface area contributed by atoms with Gasteiger partial charge in [-0.3, -0.25) is 0 Å². The fourth-order valence-electron chi connectivity index (χ4n) is 1.56. The van der Waals surface area contributed by atoms with Crippen molar-refractivity contribution in [3.63, 3.8) is 0 Å². The second-order valence-corrected chi connectivity index (χ2v) is 4.20. The van der Waals surface area contributed by atoms with E-state index in [1.54, 1.807) is 0 Å². The van der Waals surface area contributed by atoms with Crippen molar-refractivity contribution in [2.45, 2.75) is 12.1 Å². The Hall–Kier alpha value is -1.09. The third-order valence-electron chi connectivity index (χ3n) is 2.43. The monoisotopic (exact) mass is 220 g/mol. The van der Waals surface area contributed by atoms with Crippen molar-refractivity contribution in [1.82, 2.24) is 0 Å². The number of hydrogen-bond acceptors (Lipinski definition) is 2. The van der Waals surface area contributed by atoms with Gasteiger partial charge in [0.1, 0.15) is 0 Å². The highest BCUT2D eigenvalue weighted by atomic mass is 35.5. The molecule has 1 aliphatic rings. The summed E-state index contributed by atoms with van der Waals surface area (Å²) in [4.78, 5) is 0. The number of halogens is 1. The van der Waals surface area contributed by atoms with Crippen LogP contribution in [0, 0.1) is 0 Å². The molecule has 2 rings (SSSR count). The van der Waals surface area contributed by atoms with Gasteiger partial charge in [-0.15, -0.1) is 0 Å². The molecular formula is C12H13ClN2. The normalized spacial score (nSPS) is 18.7. The molecule has 1 aromatic rings. The lowest BCUT2D eigenvalue weighted by molar-refractivity contribution is 0.559. The zero-order valence-electron chi connectivity index (χ0n) is 8.28. The van der Waals surface area contributed by atoms with Crippen LogP contribution in [0.4, 0.5) is 0 Å². The predicted molar refractivity (Wildman–Crippen MR) is 64.3 cm³/mol. The fourth-order valence-corrected chi connectivity index (χ4v) is 1.81. The molecule has 0 saturated carbocycles. The van der Waals surface area contributed by atoms with Gasteiger partial charge in [0.2, 0.25) is 0 Å². The van der Waals surface area contributed by atoms with E-state index in [4.69, 9.17) is 23.1 Å². The molecule has 78 valence electrons. The molecule has 0 spiro atoms. The van der Waals surface area contributed by atoms with Gasteiger partial charge in [0.25, 0.3) is 0 Å². The first-order valence-electron chi connectivity index (χ1n) is 4.80. The summed E-state index contributed by atoms with van der Waals surface area (Å²) < 4.78 is 0. The summed E-state index contributed by atoms with van der Waals surface area (Å²) in [6, 6.07) is 7.73. The second-order valence-electron chi connectivity index (χ2n) is 3.79. The van der Waals surface area contributed by atoms with E-state index in [9.17, 15) is 0 Å². The Bertz CT molecular complexity index is 433. The number of nitrogens with two attached hydrogens (primary N) is 2. The molecule has 0 aliphatic heterocycles. The number of hydrogen-bond donors (Lipinski definition) is 2. The van der Waals surface area contributed by atoms with E-state index in [2.05, 4.69) is 0 Å². The van der Waals surface area contributed by atoms with E-state index in [0.717, 1.165) is 16.2 Å². The maximum absolute atomic E-state index is 6.09. The van der Waals surface area contributed by atoms with Gasteiger partial charge in [-0.25, -0.2) is 0 Å². The first kappa shape index (κ1) is 10.4. The Morgan fingerprint density at radius 1 is 1.20 bits per heavy atom. The average Bonchev–Trinajstić information content (AvgIpc) is 2.19. The lowest BCUT2D eigenvalue weighted by atomic mass is 9.94. The third-order valence-corrected chi connectivity index (χ3v) is 2.76. The van der Waals surface area contributed by atoms with Gasteiger partial charge in [-0.05, 0) is 23.3 Å². The highest BCUT2D eigenvalue weighted by Gasteiger charge is 2.17. The van der Waals surface area contributed by atoms with Gasteiger partial charge in [-0.1, -0.05) is 42.0 Å². The lowest BCUT2D eigenvalue weighted by Crippen LogP contribution is -2.47. The molecule has 0 heterocycles. The molecular weight excluding hydrogens is 208 g/mol. The summed E-state index contributed by atoms with van der Waals surface area (Å²) in [6.07, 6.45) is 6.38. The van der Waals surface area contributed by atoms with Crippen LogP contribution in [0.1, 0.15) is 12.0 Å². The molecule has 0 fully saturated rings. The van der Waals surface area contributed by atoms with Gasteiger partial charge in [0.05, 0.1) is 5.66 Å². The van der Waals surface area contributed by atoms with Crippen molar-refractivity contribution in [2.75, 3.05) is 0 Å². The van der Waals surface area contributed by atoms with Crippen molar-refractivity contribution < 1.29 is 0 Å². The highest BCUT2D eigenvalue weighted by molar-refractivity contribution is 6.32. The molecule has 4 N–H and O–H groups in total. The van der Waals surface area contributed by atoms with E-state index in [1.165, 1.54) is 0 Å². The first-order chi connectivity index (χ1) is 7.08. The minimum Gasteiger partial charge on any atom is -0.310 e. The summed E-state index contributed by atoms with van der Waals surface area (Å²) in [7, 11) is 0. The summed E-state index contributed by atoms with van der Waals surface area (Å²) in [5.74, 6) is 0. The van der Waals surface area contributed by atoms with Crippen LogP contribution in [-0.4, -0.2) is 5.66 Å². The third kappa shape index (κ3) is 2.29. The SMILES string of the molecule is NC1(N)C=CC(c2ccccc2Cl)=CC1. The molecule has 0 aromatic heterocycles. The van der Waals surface area contributed by atoms with Gasteiger partial charge in [-0.2, -0.15) is 0 Å². The van der Waals surface area contributed by atoms with E-state index in [0.29, 0.717) is 6.42 Å². The Labute approximate surface area is 94.2 Å². The van der Waals surface area contributed by atoms with Crippen molar-refractivity contribution in [3.05, 3.63) is 53.1 Å². The molecule has 0 saturated heterocycles. The molecule has 3 heteroatoms. The van der Waals surface area contributed by atoms with Crippen LogP contribution in [0.25, 0.3) is 5.57 Å². The van der Waals surface area contributed by atoms with Crippen LogP contribution in [0.3, 0.4) is 0 Å². The summed E-state index contributed by atoms with van der Waals surface area (Å²) in [5.41, 5.74) is 12.9. The molecule has 0 bridgehead atoms. The van der Waals surface area contributed by atoms with Crippen LogP contribution in [0.5, 0.6) is 0 Å². The molecule has 1 aliphatic carbocycles. The van der Waals surface area contributed by atoms with Crippen molar-refractivity contribution in [3.8, 4) is 0 Å². The van der Waals surface area contributed by atoms with Gasteiger partial charge < -0.3 is 11.5 Å². The van der Waals surface area contributed by atoms with Gasteiger partial charge in [0, 0.05) is 11.4 Å². The Morgan fingerprint density at radius 3 is 2.53 bits per heavy atom. The van der Waals surface area contributed by atoms with E-state index in [-0.39, 0.29) is 0 Å². The summed E-state index contributed by atoms with van der Waals surface area (Å²) >= 11 is 6.09. The molecule has 2 nitrogen and oxygen atoms in total. The largest absolute Gasteiger partial charge is 0.310 e. The van der Waals surface area contributed by atoms with Crippen LogP contribution in [0.2, 0.25) is 5.02 Å². The lowest BCUT2D eigenvalue weighted by Gasteiger charge is -2.22. The first-order valence-corrected chi connectivity index (χ1v) is 5.18. The van der Waals surface area contributed by atoms with Crippen LogP contribution in [-0.2, 0) is 0 Å². The molecule has 0 atom stereocenters. The second kappa shape index (κ2) is 3.81. The summed E-state index contributed by atoms with van der Waals surface area (Å²) in [5, 5.41) is 0.745. The van der Waals surface area contributed by atoms with Crippen LogP contribution < -0.4 is 11.5 Å². The smallest absolute Gasteiger partial charge is 0.0867 e. The minimum atomic E-state index is -0.718. The molecule has 0 amide bonds. The average molecular weight is 221 g/mol. The number of allylic oxidation sites excluding steroid dienone is 2. The Kier molecular flexibility index (Phi) is 2.65. The predicted octanol–water partition coefficient (Wildman–Crippen LogP) is 2.30. The number of rotatable bonds is 1. The zero-order chi connectivity index (χ0) is 10.9. The quantitative estimate of drug-likeness (QED) is 0.714. The maximum atomic E-state index is 6.09. The molecule has 15 heavy (non-hydrogen) atoms. The Morgan fingerprint density at radius 2 is 1.93 bits per heavy atom. The number of benzene rings is 1. The zero-order valence-corrected chi connectivity index (χ0v) is 9.04. The maximum Gasteiger partial charge on any atom is 0.0867 e. The topological polar surface area (TPSA) is 52.0 Å². The van der Waals surface area contributed by atoms with Crippen LogP contribution >= 0.6 is 11.6 Å². The van der Waals surface area contributed by atoms with Crippen molar-refractivity contribution in [1.29, 1.82) is 0 Å². The fraction of sp³-hybridized carbons (Fsp3) is 0.167. The van der Waals surface area contributed by atoms with Crippen molar-refractivity contribution in [2.24, 2.45) is 11.5 Å². The van der Waals surface area contributed by atoms with E-state index < -0.39 is 5.66 Å².